The molecule has 0 atom stereocenters. The van der Waals surface area contributed by atoms with E-state index in [0.717, 1.165) is 25.8 Å². The molecule has 38 heavy (non-hydrogen) atoms. The number of phenolic OH excluding ortho intramolecular Hbond substituents is 1. The first kappa shape index (κ1) is 25.5. The maximum Gasteiger partial charge on any atom is 0.349 e. The van der Waals surface area contributed by atoms with Crippen molar-refractivity contribution in [1.29, 1.82) is 0 Å². The molecule has 0 spiro atoms. The van der Waals surface area contributed by atoms with E-state index in [1.807, 2.05) is 0 Å². The summed E-state index contributed by atoms with van der Waals surface area (Å²) in [6.45, 7) is 5.35. The van der Waals surface area contributed by atoms with Gasteiger partial charge in [0.2, 0.25) is 0 Å². The summed E-state index contributed by atoms with van der Waals surface area (Å²) in [5, 5.41) is 14.8. The van der Waals surface area contributed by atoms with Crippen molar-refractivity contribution < 1.29 is 18.7 Å². The number of likely N-dealkylation sites (N-methyl/N-ethyl adjacent to an activating group) is 1. The first-order chi connectivity index (χ1) is 18.2. The van der Waals surface area contributed by atoms with Crippen LogP contribution in [0.2, 0.25) is 0 Å². The SMILES string of the molecule is C#Cc1c(F)ccc2cc(O)cc(-c3oc(=O)c4c(NCC5(N(C)CC)CCC5)nc(OC)nc4c3C)c12. The standard InChI is InChI=1S/C29H29FN4O4/c1-6-19-21(30)10-9-17-13-18(35)14-20(22(17)19)25-16(3)24-23(27(36)38-25)26(33-28(32-24)37-5)31-15-29(11-8-12-29)34(4)7-2/h1,9-10,13-14,35H,7-8,11-12,15H2,2-5H3,(H,31,32,33). The number of hydrogen-bond acceptors (Lipinski definition) is 8. The van der Waals surface area contributed by atoms with Gasteiger partial charge in [-0.2, -0.15) is 9.97 Å². The third-order valence-corrected chi connectivity index (χ3v) is 7.76. The Kier molecular flexibility index (Phi) is 6.45. The molecule has 0 unspecified atom stereocenters. The molecular formula is C29H29FN4O4. The largest absolute Gasteiger partial charge is 0.508 e. The minimum Gasteiger partial charge on any atom is -0.508 e. The lowest BCUT2D eigenvalue weighted by atomic mass is 9.75. The average molecular weight is 517 g/mol. The second kappa shape index (κ2) is 9.62. The molecule has 196 valence electrons. The van der Waals surface area contributed by atoms with Crippen LogP contribution in [-0.4, -0.2) is 52.8 Å². The molecule has 0 amide bonds. The molecule has 2 aromatic heterocycles. The monoisotopic (exact) mass is 516 g/mol. The van der Waals surface area contributed by atoms with E-state index in [9.17, 15) is 14.3 Å². The van der Waals surface area contributed by atoms with E-state index in [-0.39, 0.29) is 39.6 Å². The number of aromatic nitrogens is 2. The van der Waals surface area contributed by atoms with Gasteiger partial charge >= 0.3 is 11.6 Å². The summed E-state index contributed by atoms with van der Waals surface area (Å²) in [6.07, 6.45) is 8.87. The van der Waals surface area contributed by atoms with Gasteiger partial charge in [-0.3, -0.25) is 4.90 Å². The summed E-state index contributed by atoms with van der Waals surface area (Å²) >= 11 is 0. The van der Waals surface area contributed by atoms with Gasteiger partial charge in [0.1, 0.15) is 28.5 Å². The van der Waals surface area contributed by atoms with Crippen molar-refractivity contribution in [2.45, 2.75) is 38.6 Å². The number of aryl methyl sites for hydroxylation is 1. The first-order valence-corrected chi connectivity index (χ1v) is 12.5. The summed E-state index contributed by atoms with van der Waals surface area (Å²) in [5.74, 6) is 2.15. The first-order valence-electron chi connectivity index (χ1n) is 12.5. The summed E-state index contributed by atoms with van der Waals surface area (Å²) in [5.41, 5.74) is 0.415. The maximum atomic E-state index is 14.7. The zero-order valence-corrected chi connectivity index (χ0v) is 21.8. The number of fused-ring (bicyclic) bond motifs is 2. The normalized spacial score (nSPS) is 14.4. The van der Waals surface area contributed by atoms with Gasteiger partial charge < -0.3 is 19.6 Å². The lowest BCUT2D eigenvalue weighted by Crippen LogP contribution is -2.56. The van der Waals surface area contributed by atoms with Crippen LogP contribution in [-0.2, 0) is 0 Å². The number of hydrogen-bond donors (Lipinski definition) is 2. The van der Waals surface area contributed by atoms with Crippen LogP contribution < -0.4 is 15.7 Å². The molecule has 2 heterocycles. The van der Waals surface area contributed by atoms with Crippen LogP contribution in [0.5, 0.6) is 11.8 Å². The van der Waals surface area contributed by atoms with Crippen molar-refractivity contribution in [3.63, 3.8) is 0 Å². The minimum atomic E-state index is -0.674. The van der Waals surface area contributed by atoms with Gasteiger partial charge in [-0.25, -0.2) is 9.18 Å². The smallest absolute Gasteiger partial charge is 0.349 e. The summed E-state index contributed by atoms with van der Waals surface area (Å²) in [4.78, 5) is 24.7. The van der Waals surface area contributed by atoms with Crippen LogP contribution in [0.1, 0.15) is 37.3 Å². The molecule has 1 aliphatic carbocycles. The molecular weight excluding hydrogens is 487 g/mol. The van der Waals surface area contributed by atoms with Crippen molar-refractivity contribution in [3.05, 3.63) is 51.6 Å². The third kappa shape index (κ3) is 4.02. The average Bonchev–Trinajstić information content (AvgIpc) is 2.89. The summed E-state index contributed by atoms with van der Waals surface area (Å²) in [7, 11) is 3.55. The van der Waals surface area contributed by atoms with E-state index in [2.05, 4.69) is 40.1 Å². The number of phenols is 1. The molecule has 1 aliphatic rings. The van der Waals surface area contributed by atoms with Crippen LogP contribution in [0.25, 0.3) is 33.0 Å². The van der Waals surface area contributed by atoms with Crippen LogP contribution in [0.3, 0.4) is 0 Å². The van der Waals surface area contributed by atoms with E-state index in [0.29, 0.717) is 34.2 Å². The predicted molar refractivity (Wildman–Crippen MR) is 145 cm³/mol. The van der Waals surface area contributed by atoms with Crippen LogP contribution >= 0.6 is 0 Å². The Morgan fingerprint density at radius 1 is 1.29 bits per heavy atom. The van der Waals surface area contributed by atoms with E-state index < -0.39 is 11.4 Å². The zero-order valence-electron chi connectivity index (χ0n) is 21.8. The molecule has 1 fully saturated rings. The number of aromatic hydroxyl groups is 1. The van der Waals surface area contributed by atoms with Gasteiger partial charge in [0.05, 0.1) is 18.2 Å². The number of methoxy groups -OCH3 is 1. The number of terminal acetylenes is 1. The van der Waals surface area contributed by atoms with E-state index in [4.69, 9.17) is 15.6 Å². The van der Waals surface area contributed by atoms with Crippen LogP contribution in [0.15, 0.2) is 33.5 Å². The number of rotatable bonds is 7. The Balaban J connectivity index is 1.72. The Morgan fingerprint density at radius 2 is 2.05 bits per heavy atom. The van der Waals surface area contributed by atoms with Crippen LogP contribution in [0.4, 0.5) is 10.2 Å². The number of anilines is 1. The van der Waals surface area contributed by atoms with Crippen molar-refractivity contribution in [3.8, 4) is 35.4 Å². The highest BCUT2D eigenvalue weighted by Crippen LogP contribution is 2.40. The van der Waals surface area contributed by atoms with E-state index in [1.54, 1.807) is 6.92 Å². The number of halogens is 1. The van der Waals surface area contributed by atoms with Gasteiger partial charge in [0.15, 0.2) is 0 Å². The second-order valence-electron chi connectivity index (χ2n) is 9.73. The fourth-order valence-electron chi connectivity index (χ4n) is 5.32. The fraction of sp³-hybridized carbons (Fsp3) is 0.345. The molecule has 4 aromatic rings. The van der Waals surface area contributed by atoms with Gasteiger partial charge in [-0.15, -0.1) is 6.42 Å². The second-order valence-corrected chi connectivity index (χ2v) is 9.73. The molecule has 2 aromatic carbocycles. The molecule has 2 N–H and O–H groups in total. The molecule has 5 rings (SSSR count). The molecule has 0 saturated heterocycles. The van der Waals surface area contributed by atoms with Crippen molar-refractivity contribution >= 4 is 27.5 Å². The number of nitrogens with one attached hydrogen (secondary N) is 1. The Hall–Kier alpha value is -4.16. The topological polar surface area (TPSA) is 101 Å². The number of nitrogens with zero attached hydrogens (tertiary/aromatic N) is 3. The van der Waals surface area contributed by atoms with Gasteiger partial charge in [-0.05, 0) is 63.4 Å². The third-order valence-electron chi connectivity index (χ3n) is 7.76. The van der Waals surface area contributed by atoms with E-state index in [1.165, 1.54) is 31.4 Å². The summed E-state index contributed by atoms with van der Waals surface area (Å²) in [6, 6.07) is 5.72. The van der Waals surface area contributed by atoms with Crippen molar-refractivity contribution in [2.75, 3.05) is 32.6 Å². The lowest BCUT2D eigenvalue weighted by molar-refractivity contribution is 0.0550. The van der Waals surface area contributed by atoms with Crippen molar-refractivity contribution in [1.82, 2.24) is 14.9 Å². The highest BCUT2D eigenvalue weighted by molar-refractivity contribution is 6.03. The predicted octanol–water partition coefficient (Wildman–Crippen LogP) is 4.83. The lowest BCUT2D eigenvalue weighted by Gasteiger charge is -2.48. The molecule has 9 heteroatoms. The number of ether oxygens (including phenoxy) is 1. The highest BCUT2D eigenvalue weighted by atomic mass is 19.1. The summed E-state index contributed by atoms with van der Waals surface area (Å²) < 4.78 is 25.9. The quantitative estimate of drug-likeness (QED) is 0.337. The van der Waals surface area contributed by atoms with Gasteiger partial charge in [0.25, 0.3) is 0 Å². The Morgan fingerprint density at radius 3 is 2.68 bits per heavy atom. The molecule has 0 bridgehead atoms. The Bertz CT molecular complexity index is 1670. The van der Waals surface area contributed by atoms with Gasteiger partial charge in [0, 0.05) is 28.6 Å². The molecule has 8 nitrogen and oxygen atoms in total. The zero-order chi connectivity index (χ0) is 27.2. The van der Waals surface area contributed by atoms with Crippen LogP contribution in [0, 0.1) is 25.1 Å². The molecule has 0 aliphatic heterocycles. The fourth-order valence-corrected chi connectivity index (χ4v) is 5.32. The Labute approximate surface area is 219 Å². The minimum absolute atomic E-state index is 0.00751. The van der Waals surface area contributed by atoms with E-state index >= 15 is 0 Å². The molecule has 0 radical (unpaired) electrons. The van der Waals surface area contributed by atoms with Gasteiger partial charge in [-0.1, -0.05) is 18.9 Å². The highest BCUT2D eigenvalue weighted by Gasteiger charge is 2.40. The number of benzene rings is 2. The molecule has 1 saturated carbocycles. The maximum absolute atomic E-state index is 14.7. The van der Waals surface area contributed by atoms with Crippen molar-refractivity contribution in [2.24, 2.45) is 0 Å².